The van der Waals surface area contributed by atoms with Crippen molar-refractivity contribution < 1.29 is 4.74 Å². The van der Waals surface area contributed by atoms with Crippen molar-refractivity contribution in [2.75, 3.05) is 79.7 Å². The van der Waals surface area contributed by atoms with E-state index in [1.54, 1.807) is 0 Å². The average molecular weight is 359 g/mol. The van der Waals surface area contributed by atoms with Crippen LogP contribution in [0.3, 0.4) is 0 Å². The minimum Gasteiger partial charge on any atom is -0.378 e. The molecule has 5 heteroatoms. The maximum atomic E-state index is 6.01. The van der Waals surface area contributed by atoms with Crippen LogP contribution in [-0.4, -0.2) is 111 Å². The summed E-state index contributed by atoms with van der Waals surface area (Å²) < 4.78 is 6.01. The molecular formula is C20H46N4O. The zero-order valence-corrected chi connectivity index (χ0v) is 18.4. The van der Waals surface area contributed by atoms with E-state index in [1.165, 1.54) is 0 Å². The molecule has 0 aromatic heterocycles. The fourth-order valence-corrected chi connectivity index (χ4v) is 2.78. The molecule has 0 amide bonds. The van der Waals surface area contributed by atoms with Crippen LogP contribution in [0.15, 0.2) is 0 Å². The topological polar surface area (TPSA) is 22.2 Å². The summed E-state index contributed by atoms with van der Waals surface area (Å²) in [5.41, 5.74) is 0. The quantitative estimate of drug-likeness (QED) is 0.421. The summed E-state index contributed by atoms with van der Waals surface area (Å²) in [6.45, 7) is 24.1. The highest BCUT2D eigenvalue weighted by Crippen LogP contribution is 2.02. The zero-order valence-electron chi connectivity index (χ0n) is 18.4. The van der Waals surface area contributed by atoms with Crippen molar-refractivity contribution in [1.29, 1.82) is 0 Å². The molecule has 0 aliphatic heterocycles. The van der Waals surface area contributed by atoms with Gasteiger partial charge < -0.3 is 24.3 Å². The Hall–Kier alpha value is -0.200. The number of ether oxygens (including phenoxy) is 1. The second-order valence-electron chi connectivity index (χ2n) is 7.25. The normalized spacial score (nSPS) is 14.9. The molecule has 25 heavy (non-hydrogen) atoms. The van der Waals surface area contributed by atoms with Crippen molar-refractivity contribution in [1.82, 2.24) is 19.6 Å². The summed E-state index contributed by atoms with van der Waals surface area (Å²) in [6.07, 6.45) is 0. The lowest BCUT2D eigenvalue weighted by molar-refractivity contribution is 0.0391. The molecule has 2 atom stereocenters. The van der Waals surface area contributed by atoms with E-state index < -0.39 is 0 Å². The van der Waals surface area contributed by atoms with Gasteiger partial charge in [-0.25, -0.2) is 0 Å². The first-order chi connectivity index (χ1) is 11.9. The Labute approximate surface area is 158 Å². The number of nitrogens with zero attached hydrogens (tertiary/aromatic N) is 4. The van der Waals surface area contributed by atoms with Gasteiger partial charge in [0.05, 0.1) is 13.2 Å². The highest BCUT2D eigenvalue weighted by atomic mass is 16.5. The van der Waals surface area contributed by atoms with E-state index >= 15 is 0 Å². The summed E-state index contributed by atoms with van der Waals surface area (Å²) in [5.74, 6) is 0. The van der Waals surface area contributed by atoms with Crippen LogP contribution in [0, 0.1) is 0 Å². The van der Waals surface area contributed by atoms with Crippen LogP contribution in [0.4, 0.5) is 0 Å². The van der Waals surface area contributed by atoms with Gasteiger partial charge in [0, 0.05) is 38.3 Å². The van der Waals surface area contributed by atoms with Crippen LogP contribution >= 0.6 is 0 Å². The Morgan fingerprint density at radius 1 is 0.600 bits per heavy atom. The predicted octanol–water partition coefficient (Wildman–Crippen LogP) is 2.33. The first-order valence-electron chi connectivity index (χ1n) is 10.3. The summed E-state index contributed by atoms with van der Waals surface area (Å²) in [5, 5.41) is 0. The summed E-state index contributed by atoms with van der Waals surface area (Å²) in [6, 6.07) is 0.924. The smallest absolute Gasteiger partial charge is 0.0619 e. The number of hydrogen-bond donors (Lipinski definition) is 0. The Morgan fingerprint density at radius 2 is 0.920 bits per heavy atom. The van der Waals surface area contributed by atoms with Crippen molar-refractivity contribution in [2.45, 2.75) is 53.6 Å². The van der Waals surface area contributed by atoms with Gasteiger partial charge in [-0.1, -0.05) is 27.7 Å². The van der Waals surface area contributed by atoms with Crippen LogP contribution in [0.1, 0.15) is 41.5 Å². The maximum absolute atomic E-state index is 6.01. The van der Waals surface area contributed by atoms with Crippen LogP contribution in [-0.2, 0) is 4.74 Å². The van der Waals surface area contributed by atoms with Gasteiger partial charge in [0.2, 0.25) is 0 Å². The fraction of sp³-hybridized carbons (Fsp3) is 1.00. The second-order valence-corrected chi connectivity index (χ2v) is 7.25. The molecule has 152 valence electrons. The molecule has 0 aliphatic rings. The molecule has 0 fully saturated rings. The van der Waals surface area contributed by atoms with Gasteiger partial charge in [-0.15, -0.1) is 0 Å². The third-order valence-electron chi connectivity index (χ3n) is 5.55. The first-order valence-corrected chi connectivity index (χ1v) is 10.3. The molecule has 0 bridgehead atoms. The molecule has 0 aliphatic carbocycles. The molecule has 0 aromatic carbocycles. The minimum atomic E-state index is 0.462. The SMILES string of the molecule is CCN(CC)CCN(C)C(C)COCC(C)N(C)CCN(CC)CC. The van der Waals surface area contributed by atoms with Gasteiger partial charge in [0.15, 0.2) is 0 Å². The lowest BCUT2D eigenvalue weighted by atomic mass is 10.3. The third-order valence-corrected chi connectivity index (χ3v) is 5.55. The Kier molecular flexibility index (Phi) is 14.8. The van der Waals surface area contributed by atoms with Gasteiger partial charge in [0.1, 0.15) is 0 Å². The summed E-state index contributed by atoms with van der Waals surface area (Å²) >= 11 is 0. The molecule has 0 heterocycles. The molecule has 2 unspecified atom stereocenters. The van der Waals surface area contributed by atoms with Crippen LogP contribution in [0.25, 0.3) is 0 Å². The van der Waals surface area contributed by atoms with Crippen LogP contribution in [0.5, 0.6) is 0 Å². The van der Waals surface area contributed by atoms with Gasteiger partial charge >= 0.3 is 0 Å². The number of hydrogen-bond acceptors (Lipinski definition) is 5. The van der Waals surface area contributed by atoms with Gasteiger partial charge in [-0.2, -0.15) is 0 Å². The van der Waals surface area contributed by atoms with E-state index in [1.807, 2.05) is 0 Å². The molecule has 0 saturated heterocycles. The van der Waals surface area contributed by atoms with E-state index in [2.05, 4.69) is 75.2 Å². The van der Waals surface area contributed by atoms with Crippen molar-refractivity contribution in [3.8, 4) is 0 Å². The molecule has 5 nitrogen and oxygen atoms in total. The number of rotatable bonds is 16. The van der Waals surface area contributed by atoms with Crippen molar-refractivity contribution in [3.63, 3.8) is 0 Å². The first kappa shape index (κ1) is 24.8. The van der Waals surface area contributed by atoms with Gasteiger partial charge in [-0.05, 0) is 54.1 Å². The molecular weight excluding hydrogens is 312 g/mol. The molecule has 0 spiro atoms. The zero-order chi connectivity index (χ0) is 19.2. The Morgan fingerprint density at radius 3 is 1.20 bits per heavy atom. The third kappa shape index (κ3) is 11.2. The van der Waals surface area contributed by atoms with Crippen LogP contribution in [0.2, 0.25) is 0 Å². The molecule has 0 saturated carbocycles. The fourth-order valence-electron chi connectivity index (χ4n) is 2.78. The van der Waals surface area contributed by atoms with Crippen LogP contribution < -0.4 is 0 Å². The largest absolute Gasteiger partial charge is 0.378 e. The van der Waals surface area contributed by atoms with E-state index in [0.29, 0.717) is 12.1 Å². The molecule has 0 radical (unpaired) electrons. The van der Waals surface area contributed by atoms with Crippen molar-refractivity contribution in [3.05, 3.63) is 0 Å². The molecule has 0 N–H and O–H groups in total. The summed E-state index contributed by atoms with van der Waals surface area (Å²) in [4.78, 5) is 9.76. The highest BCUT2D eigenvalue weighted by Gasteiger charge is 2.14. The van der Waals surface area contributed by atoms with E-state index in [9.17, 15) is 0 Å². The maximum Gasteiger partial charge on any atom is 0.0619 e. The molecule has 0 aromatic rings. The monoisotopic (exact) mass is 358 g/mol. The Bertz CT molecular complexity index is 267. The van der Waals surface area contributed by atoms with E-state index in [-0.39, 0.29) is 0 Å². The average Bonchev–Trinajstić information content (AvgIpc) is 2.62. The standard InChI is InChI=1S/C20H46N4O/c1-9-23(10-2)15-13-21(7)19(5)17-25-18-20(6)22(8)14-16-24(11-3)12-4/h19-20H,9-18H2,1-8H3. The lowest BCUT2D eigenvalue weighted by Crippen LogP contribution is -2.41. The highest BCUT2D eigenvalue weighted by molar-refractivity contribution is 4.68. The second kappa shape index (κ2) is 14.9. The predicted molar refractivity (Wildman–Crippen MR) is 111 cm³/mol. The van der Waals surface area contributed by atoms with Gasteiger partial charge in [-0.3, -0.25) is 0 Å². The lowest BCUT2D eigenvalue weighted by Gasteiger charge is -2.30. The molecule has 0 rings (SSSR count). The van der Waals surface area contributed by atoms with E-state index in [0.717, 1.165) is 65.6 Å². The van der Waals surface area contributed by atoms with Crippen molar-refractivity contribution in [2.24, 2.45) is 0 Å². The van der Waals surface area contributed by atoms with E-state index in [4.69, 9.17) is 4.74 Å². The van der Waals surface area contributed by atoms with Gasteiger partial charge in [0.25, 0.3) is 0 Å². The Balaban J connectivity index is 3.95. The van der Waals surface area contributed by atoms with Crippen molar-refractivity contribution >= 4 is 0 Å². The number of likely N-dealkylation sites (N-methyl/N-ethyl adjacent to an activating group) is 4. The minimum absolute atomic E-state index is 0.462. The summed E-state index contributed by atoms with van der Waals surface area (Å²) in [7, 11) is 4.41.